The van der Waals surface area contributed by atoms with Crippen molar-refractivity contribution in [1.29, 1.82) is 10.5 Å². The van der Waals surface area contributed by atoms with E-state index in [1.54, 1.807) is 30.3 Å². The molecule has 0 aromatic heterocycles. The standard InChI is InChI=1S/C17H13ClN2O3/c1-23-16(22)14-8-17(9-19,10-20)7-12(15(14)21)5-11-3-2-4-13(18)6-11/h2-6,21H,7-8H2,1H3/b12-5+. The van der Waals surface area contributed by atoms with E-state index < -0.39 is 11.4 Å². The summed E-state index contributed by atoms with van der Waals surface area (Å²) in [5, 5.41) is 29.6. The van der Waals surface area contributed by atoms with E-state index in [2.05, 4.69) is 4.74 Å². The van der Waals surface area contributed by atoms with Gasteiger partial charge in [-0.1, -0.05) is 23.7 Å². The molecule has 1 aromatic rings. The van der Waals surface area contributed by atoms with Crippen LogP contribution in [0.25, 0.3) is 6.08 Å². The molecule has 0 amide bonds. The molecule has 0 fully saturated rings. The van der Waals surface area contributed by atoms with Gasteiger partial charge in [0.1, 0.15) is 5.76 Å². The Morgan fingerprint density at radius 1 is 1.39 bits per heavy atom. The molecule has 1 aliphatic carbocycles. The lowest BCUT2D eigenvalue weighted by Crippen LogP contribution is -2.27. The van der Waals surface area contributed by atoms with Crippen molar-refractivity contribution < 1.29 is 14.6 Å². The Hall–Kier alpha value is -2.76. The first-order chi connectivity index (χ1) is 10.9. The van der Waals surface area contributed by atoms with Crippen molar-refractivity contribution >= 4 is 23.6 Å². The summed E-state index contributed by atoms with van der Waals surface area (Å²) < 4.78 is 4.64. The first-order valence-electron chi connectivity index (χ1n) is 6.74. The Labute approximate surface area is 138 Å². The van der Waals surface area contributed by atoms with Gasteiger partial charge in [0.15, 0.2) is 5.41 Å². The van der Waals surface area contributed by atoms with E-state index in [-0.39, 0.29) is 24.2 Å². The highest BCUT2D eigenvalue weighted by atomic mass is 35.5. The number of carbonyl (C=O) groups is 1. The molecule has 116 valence electrons. The van der Waals surface area contributed by atoms with Gasteiger partial charge >= 0.3 is 5.97 Å². The van der Waals surface area contributed by atoms with Gasteiger partial charge in [0, 0.05) is 17.9 Å². The van der Waals surface area contributed by atoms with E-state index in [4.69, 9.17) is 11.6 Å². The highest BCUT2D eigenvalue weighted by Gasteiger charge is 2.41. The summed E-state index contributed by atoms with van der Waals surface area (Å²) in [6.07, 6.45) is 1.44. The fourth-order valence-electron chi connectivity index (χ4n) is 2.44. The number of hydrogen-bond acceptors (Lipinski definition) is 5. The molecular formula is C17H13ClN2O3. The maximum absolute atomic E-state index is 11.8. The zero-order chi connectivity index (χ0) is 17.0. The SMILES string of the molecule is COC(=O)C1=C(O)/C(=C/c2cccc(Cl)c2)CC(C#N)(C#N)C1. The summed E-state index contributed by atoms with van der Waals surface area (Å²) in [4.78, 5) is 11.8. The third-order valence-corrected chi connectivity index (χ3v) is 3.85. The number of carbonyl (C=O) groups excluding carboxylic acids is 1. The predicted molar refractivity (Wildman–Crippen MR) is 84.0 cm³/mol. The second-order valence-corrected chi connectivity index (χ2v) is 5.64. The Morgan fingerprint density at radius 3 is 2.65 bits per heavy atom. The highest BCUT2D eigenvalue weighted by Crippen LogP contribution is 2.42. The average molecular weight is 329 g/mol. The first kappa shape index (κ1) is 16.6. The second kappa shape index (κ2) is 6.56. The number of hydrogen-bond donors (Lipinski definition) is 1. The number of benzene rings is 1. The molecule has 0 radical (unpaired) electrons. The van der Waals surface area contributed by atoms with Crippen LogP contribution in [-0.4, -0.2) is 18.2 Å². The van der Waals surface area contributed by atoms with Crippen LogP contribution in [0.3, 0.4) is 0 Å². The number of methoxy groups -OCH3 is 1. The molecule has 0 saturated heterocycles. The minimum Gasteiger partial charge on any atom is -0.507 e. The molecular weight excluding hydrogens is 316 g/mol. The molecule has 0 bridgehead atoms. The minimum absolute atomic E-state index is 0.0127. The molecule has 0 spiro atoms. The lowest BCUT2D eigenvalue weighted by Gasteiger charge is -2.27. The van der Waals surface area contributed by atoms with Gasteiger partial charge in [-0.05, 0) is 29.3 Å². The van der Waals surface area contributed by atoms with Gasteiger partial charge in [-0.2, -0.15) is 10.5 Å². The summed E-state index contributed by atoms with van der Waals surface area (Å²) >= 11 is 5.93. The number of aliphatic hydroxyl groups excluding tert-OH is 1. The number of rotatable bonds is 2. The smallest absolute Gasteiger partial charge is 0.337 e. The molecule has 1 aromatic carbocycles. The van der Waals surface area contributed by atoms with E-state index in [0.29, 0.717) is 16.2 Å². The summed E-state index contributed by atoms with van der Waals surface area (Å²) in [6, 6.07) is 10.8. The summed E-state index contributed by atoms with van der Waals surface area (Å²) in [5.41, 5.74) is -0.479. The molecule has 5 nitrogen and oxygen atoms in total. The Bertz CT molecular complexity index is 783. The number of esters is 1. The van der Waals surface area contributed by atoms with Crippen LogP contribution in [0.5, 0.6) is 0 Å². The number of aliphatic hydroxyl groups is 1. The molecule has 6 heteroatoms. The van der Waals surface area contributed by atoms with Crippen LogP contribution in [0.15, 0.2) is 41.2 Å². The van der Waals surface area contributed by atoms with Crippen molar-refractivity contribution in [2.24, 2.45) is 5.41 Å². The van der Waals surface area contributed by atoms with Crippen molar-refractivity contribution in [3.63, 3.8) is 0 Å². The third-order valence-electron chi connectivity index (χ3n) is 3.61. The maximum atomic E-state index is 11.8. The van der Waals surface area contributed by atoms with Gasteiger partial charge in [0.05, 0.1) is 24.8 Å². The Kier molecular flexibility index (Phi) is 4.74. The fraction of sp³-hybridized carbons (Fsp3) is 0.235. The predicted octanol–water partition coefficient (Wildman–Crippen LogP) is 3.54. The molecule has 23 heavy (non-hydrogen) atoms. The summed E-state index contributed by atoms with van der Waals surface area (Å²) in [6.45, 7) is 0. The molecule has 0 unspecified atom stereocenters. The van der Waals surface area contributed by atoms with Crippen LogP contribution < -0.4 is 0 Å². The van der Waals surface area contributed by atoms with Crippen LogP contribution in [-0.2, 0) is 9.53 Å². The van der Waals surface area contributed by atoms with E-state index in [0.717, 1.165) is 0 Å². The number of nitriles is 2. The van der Waals surface area contributed by atoms with Crippen LogP contribution >= 0.6 is 11.6 Å². The molecule has 0 heterocycles. The van der Waals surface area contributed by atoms with E-state index >= 15 is 0 Å². The van der Waals surface area contributed by atoms with Crippen molar-refractivity contribution in [2.75, 3.05) is 7.11 Å². The number of allylic oxidation sites excluding steroid dienone is 1. The van der Waals surface area contributed by atoms with Crippen LogP contribution in [0, 0.1) is 28.1 Å². The maximum Gasteiger partial charge on any atom is 0.337 e. The van der Waals surface area contributed by atoms with Crippen LogP contribution in [0.2, 0.25) is 5.02 Å². The molecule has 0 aliphatic heterocycles. The van der Waals surface area contributed by atoms with Crippen LogP contribution in [0.1, 0.15) is 18.4 Å². The van der Waals surface area contributed by atoms with Gasteiger partial charge in [-0.15, -0.1) is 0 Å². The molecule has 1 N–H and O–H groups in total. The minimum atomic E-state index is -1.42. The van der Waals surface area contributed by atoms with Crippen molar-refractivity contribution in [3.05, 3.63) is 51.8 Å². The van der Waals surface area contributed by atoms with Gasteiger partial charge < -0.3 is 9.84 Å². The fourth-order valence-corrected chi connectivity index (χ4v) is 2.64. The van der Waals surface area contributed by atoms with E-state index in [1.807, 2.05) is 12.1 Å². The molecule has 2 rings (SSSR count). The van der Waals surface area contributed by atoms with E-state index in [9.17, 15) is 20.4 Å². The van der Waals surface area contributed by atoms with Gasteiger partial charge in [-0.25, -0.2) is 4.79 Å². The monoisotopic (exact) mass is 328 g/mol. The molecule has 1 aliphatic rings. The third kappa shape index (κ3) is 3.36. The zero-order valence-corrected chi connectivity index (χ0v) is 13.1. The van der Waals surface area contributed by atoms with Gasteiger partial charge in [-0.3, -0.25) is 0 Å². The number of nitrogens with zero attached hydrogens (tertiary/aromatic N) is 2. The summed E-state index contributed by atoms with van der Waals surface area (Å²) in [5.74, 6) is -1.01. The normalized spacial score (nSPS) is 18.2. The summed E-state index contributed by atoms with van der Waals surface area (Å²) in [7, 11) is 1.18. The first-order valence-corrected chi connectivity index (χ1v) is 7.12. The van der Waals surface area contributed by atoms with Crippen LogP contribution in [0.4, 0.5) is 0 Å². The van der Waals surface area contributed by atoms with Crippen molar-refractivity contribution in [2.45, 2.75) is 12.8 Å². The highest BCUT2D eigenvalue weighted by molar-refractivity contribution is 6.30. The van der Waals surface area contributed by atoms with Gasteiger partial charge in [0.25, 0.3) is 0 Å². The lowest BCUT2D eigenvalue weighted by molar-refractivity contribution is -0.136. The quantitative estimate of drug-likeness (QED) is 0.838. The number of ether oxygens (including phenoxy) is 1. The Morgan fingerprint density at radius 2 is 2.09 bits per heavy atom. The molecule has 0 atom stereocenters. The number of halogens is 1. The van der Waals surface area contributed by atoms with Gasteiger partial charge in [0.2, 0.25) is 0 Å². The zero-order valence-electron chi connectivity index (χ0n) is 12.3. The van der Waals surface area contributed by atoms with Crippen molar-refractivity contribution in [3.8, 4) is 12.1 Å². The Balaban J connectivity index is 2.58. The second-order valence-electron chi connectivity index (χ2n) is 5.20. The molecule has 0 saturated carbocycles. The average Bonchev–Trinajstić information content (AvgIpc) is 2.56. The lowest BCUT2D eigenvalue weighted by atomic mass is 9.73. The van der Waals surface area contributed by atoms with E-state index in [1.165, 1.54) is 7.11 Å². The van der Waals surface area contributed by atoms with Crippen molar-refractivity contribution in [1.82, 2.24) is 0 Å². The largest absolute Gasteiger partial charge is 0.507 e. The topological polar surface area (TPSA) is 94.1 Å².